The van der Waals surface area contributed by atoms with Crippen LogP contribution < -0.4 is 5.46 Å². The van der Waals surface area contributed by atoms with E-state index in [-0.39, 0.29) is 0 Å². The smallest absolute Gasteiger partial charge is 0.423 e. The molecule has 0 aliphatic heterocycles. The summed E-state index contributed by atoms with van der Waals surface area (Å²) < 4.78 is 65.2. The molecule has 1 aromatic carbocycles. The predicted molar refractivity (Wildman–Crippen MR) is 64.4 cm³/mol. The molecule has 0 bridgehead atoms. The highest BCUT2D eigenvalue weighted by Crippen LogP contribution is 2.29. The molecule has 0 aliphatic rings. The van der Waals surface area contributed by atoms with Gasteiger partial charge < -0.3 is 10.0 Å². The van der Waals surface area contributed by atoms with Gasteiger partial charge in [-0.3, -0.25) is 0 Å². The van der Waals surface area contributed by atoms with Crippen LogP contribution in [0.5, 0.6) is 0 Å². The second-order valence-electron chi connectivity index (χ2n) is 4.11. The maximum absolute atomic E-state index is 13.6. The highest BCUT2D eigenvalue weighted by Gasteiger charge is 2.38. The minimum Gasteiger partial charge on any atom is -0.423 e. The SMILES string of the molecule is OB(O)c1ccc(-c2cccc(F)c2F)nc1C(F)(F)F. The van der Waals surface area contributed by atoms with Crippen LogP contribution in [0.1, 0.15) is 5.69 Å². The number of nitrogens with zero attached hydrogens (tertiary/aromatic N) is 1. The second kappa shape index (κ2) is 5.42. The number of benzene rings is 1. The molecule has 0 spiro atoms. The molecule has 0 radical (unpaired) electrons. The minimum absolute atomic E-state index is 0.459. The van der Waals surface area contributed by atoms with Crippen LogP contribution in [0.25, 0.3) is 11.3 Å². The number of pyridine rings is 1. The largest absolute Gasteiger partial charge is 0.490 e. The average Bonchev–Trinajstić information content (AvgIpc) is 2.40. The Morgan fingerprint density at radius 3 is 2.24 bits per heavy atom. The van der Waals surface area contributed by atoms with Crippen molar-refractivity contribution in [3.05, 3.63) is 47.7 Å². The lowest BCUT2D eigenvalue weighted by Crippen LogP contribution is -2.37. The zero-order valence-corrected chi connectivity index (χ0v) is 10.2. The molecule has 3 nitrogen and oxygen atoms in total. The van der Waals surface area contributed by atoms with E-state index in [9.17, 15) is 22.0 Å². The van der Waals surface area contributed by atoms with Crippen LogP contribution in [0.4, 0.5) is 22.0 Å². The van der Waals surface area contributed by atoms with Gasteiger partial charge >= 0.3 is 13.3 Å². The molecule has 2 N–H and O–H groups in total. The van der Waals surface area contributed by atoms with Crippen LogP contribution in [0.15, 0.2) is 30.3 Å². The molecule has 0 saturated carbocycles. The Balaban J connectivity index is 2.65. The molecule has 2 aromatic rings. The van der Waals surface area contributed by atoms with Crippen molar-refractivity contribution in [2.24, 2.45) is 0 Å². The summed E-state index contributed by atoms with van der Waals surface area (Å²) in [6.45, 7) is 0. The summed E-state index contributed by atoms with van der Waals surface area (Å²) in [5.74, 6) is -2.57. The van der Waals surface area contributed by atoms with Gasteiger partial charge in [-0.2, -0.15) is 13.2 Å². The first kappa shape index (κ1) is 15.4. The number of halogens is 5. The van der Waals surface area contributed by atoms with E-state index in [0.29, 0.717) is 0 Å². The van der Waals surface area contributed by atoms with Crippen molar-refractivity contribution in [1.82, 2.24) is 4.98 Å². The van der Waals surface area contributed by atoms with Crippen molar-refractivity contribution < 1.29 is 32.0 Å². The monoisotopic (exact) mass is 303 g/mol. The van der Waals surface area contributed by atoms with Gasteiger partial charge in [-0.1, -0.05) is 12.1 Å². The third kappa shape index (κ3) is 3.03. The van der Waals surface area contributed by atoms with Crippen molar-refractivity contribution in [2.75, 3.05) is 0 Å². The molecule has 0 atom stereocenters. The van der Waals surface area contributed by atoms with Crippen LogP contribution in [0.2, 0.25) is 0 Å². The molecule has 2 rings (SSSR count). The number of rotatable bonds is 2. The lowest BCUT2D eigenvalue weighted by molar-refractivity contribution is -0.140. The molecule has 9 heteroatoms. The summed E-state index contributed by atoms with van der Waals surface area (Å²) >= 11 is 0. The summed E-state index contributed by atoms with van der Waals surface area (Å²) in [6.07, 6.45) is -4.97. The molecule has 0 fully saturated rings. The Bertz CT molecular complexity index is 675. The molecule has 21 heavy (non-hydrogen) atoms. The molecular weight excluding hydrogens is 296 g/mol. The van der Waals surface area contributed by atoms with Gasteiger partial charge in [0.05, 0.1) is 5.69 Å². The van der Waals surface area contributed by atoms with E-state index in [1.807, 2.05) is 0 Å². The van der Waals surface area contributed by atoms with E-state index in [2.05, 4.69) is 4.98 Å². The number of alkyl halides is 3. The van der Waals surface area contributed by atoms with Crippen molar-refractivity contribution in [1.29, 1.82) is 0 Å². The average molecular weight is 303 g/mol. The fourth-order valence-electron chi connectivity index (χ4n) is 1.76. The first-order valence-corrected chi connectivity index (χ1v) is 5.60. The van der Waals surface area contributed by atoms with Crippen molar-refractivity contribution >= 4 is 12.6 Å². The number of hydrogen-bond donors (Lipinski definition) is 2. The lowest BCUT2D eigenvalue weighted by Gasteiger charge is -2.13. The molecule has 0 unspecified atom stereocenters. The van der Waals surface area contributed by atoms with E-state index in [1.54, 1.807) is 0 Å². The van der Waals surface area contributed by atoms with E-state index >= 15 is 0 Å². The van der Waals surface area contributed by atoms with Gasteiger partial charge in [-0.05, 0) is 18.2 Å². The Morgan fingerprint density at radius 2 is 1.67 bits per heavy atom. The highest BCUT2D eigenvalue weighted by atomic mass is 19.4. The summed E-state index contributed by atoms with van der Waals surface area (Å²) in [5.41, 5.74) is -3.37. The summed E-state index contributed by atoms with van der Waals surface area (Å²) in [7, 11) is -2.39. The van der Waals surface area contributed by atoms with E-state index in [4.69, 9.17) is 10.0 Å². The summed E-state index contributed by atoms with van der Waals surface area (Å²) in [5, 5.41) is 17.8. The molecule has 0 aliphatic carbocycles. The van der Waals surface area contributed by atoms with Crippen molar-refractivity contribution in [3.8, 4) is 11.3 Å². The molecule has 0 amide bonds. The first-order chi connectivity index (χ1) is 9.71. The first-order valence-electron chi connectivity index (χ1n) is 5.60. The van der Waals surface area contributed by atoms with E-state index < -0.39 is 47.3 Å². The van der Waals surface area contributed by atoms with Gasteiger partial charge in [0.2, 0.25) is 0 Å². The van der Waals surface area contributed by atoms with Crippen LogP contribution in [0.3, 0.4) is 0 Å². The van der Waals surface area contributed by atoms with E-state index in [1.165, 1.54) is 0 Å². The Labute approximate surface area is 115 Å². The van der Waals surface area contributed by atoms with Gasteiger partial charge in [0.1, 0.15) is 5.69 Å². The fourth-order valence-corrected chi connectivity index (χ4v) is 1.76. The second-order valence-corrected chi connectivity index (χ2v) is 4.11. The van der Waals surface area contributed by atoms with Gasteiger partial charge in [0.25, 0.3) is 0 Å². The normalized spacial score (nSPS) is 11.6. The highest BCUT2D eigenvalue weighted by molar-refractivity contribution is 6.59. The topological polar surface area (TPSA) is 53.4 Å². The number of aromatic nitrogens is 1. The maximum Gasteiger partial charge on any atom is 0.490 e. The zero-order chi connectivity index (χ0) is 15.8. The molecule has 1 heterocycles. The maximum atomic E-state index is 13.6. The van der Waals surface area contributed by atoms with Gasteiger partial charge in [-0.25, -0.2) is 13.8 Å². The van der Waals surface area contributed by atoms with E-state index in [0.717, 1.165) is 30.3 Å². The summed E-state index contributed by atoms with van der Waals surface area (Å²) in [6, 6.07) is 4.70. The van der Waals surface area contributed by atoms with Crippen LogP contribution in [-0.4, -0.2) is 22.2 Å². The summed E-state index contributed by atoms with van der Waals surface area (Å²) in [4.78, 5) is 3.19. The fraction of sp³-hybridized carbons (Fsp3) is 0.0833. The van der Waals surface area contributed by atoms with Crippen LogP contribution in [-0.2, 0) is 6.18 Å². The quantitative estimate of drug-likeness (QED) is 0.656. The van der Waals surface area contributed by atoms with Gasteiger partial charge in [0, 0.05) is 11.0 Å². The predicted octanol–water partition coefficient (Wildman–Crippen LogP) is 1.73. The molecule has 0 saturated heterocycles. The molecule has 1 aromatic heterocycles. The Kier molecular flexibility index (Phi) is 3.97. The standard InChI is InChI=1S/C12H7BF5NO2/c14-8-3-1-2-6(10(8)15)9-5-4-7(13(20)21)11(19-9)12(16,17)18/h1-5,20-21H. The van der Waals surface area contributed by atoms with Crippen LogP contribution >= 0.6 is 0 Å². The van der Waals surface area contributed by atoms with Gasteiger partial charge in [-0.15, -0.1) is 0 Å². The van der Waals surface area contributed by atoms with Crippen LogP contribution in [0, 0.1) is 11.6 Å². The van der Waals surface area contributed by atoms with Crippen molar-refractivity contribution in [3.63, 3.8) is 0 Å². The lowest BCUT2D eigenvalue weighted by atomic mass is 9.78. The van der Waals surface area contributed by atoms with Crippen molar-refractivity contribution in [2.45, 2.75) is 6.18 Å². The molecular formula is C12H7BF5NO2. The minimum atomic E-state index is -4.97. The number of hydrogen-bond acceptors (Lipinski definition) is 3. The third-order valence-corrected chi connectivity index (χ3v) is 2.70. The van der Waals surface area contributed by atoms with Gasteiger partial charge in [0.15, 0.2) is 11.6 Å². The zero-order valence-electron chi connectivity index (χ0n) is 10.2. The third-order valence-electron chi connectivity index (χ3n) is 2.70. The Morgan fingerprint density at radius 1 is 1.00 bits per heavy atom. The molecule has 110 valence electrons. The Hall–Kier alpha value is -2.00.